The Kier molecular flexibility index (Phi) is 5.93. The number of anilines is 1. The number of benzene rings is 1. The lowest BCUT2D eigenvalue weighted by Crippen LogP contribution is -2.40. The topological polar surface area (TPSA) is 122 Å². The fourth-order valence-electron chi connectivity index (χ4n) is 5.69. The van der Waals surface area contributed by atoms with E-state index in [1.54, 1.807) is 16.8 Å². The highest BCUT2D eigenvalue weighted by Gasteiger charge is 2.26. The molecule has 0 spiro atoms. The first-order chi connectivity index (χ1) is 17.8. The van der Waals surface area contributed by atoms with Gasteiger partial charge in [-0.25, -0.2) is 13.4 Å². The van der Waals surface area contributed by atoms with Crippen molar-refractivity contribution in [1.82, 2.24) is 23.2 Å². The van der Waals surface area contributed by atoms with Gasteiger partial charge in [0.2, 0.25) is 15.7 Å². The second kappa shape index (κ2) is 9.16. The third-order valence-electron chi connectivity index (χ3n) is 7.68. The number of nitrogens with one attached hydrogen (secondary N) is 1. The molecule has 10 nitrogen and oxygen atoms in total. The summed E-state index contributed by atoms with van der Waals surface area (Å²) in [5, 5.41) is 1.10. The van der Waals surface area contributed by atoms with Crippen LogP contribution in [0.3, 0.4) is 0 Å². The summed E-state index contributed by atoms with van der Waals surface area (Å²) in [6.07, 6.45) is 13.0. The van der Waals surface area contributed by atoms with Crippen LogP contribution in [0, 0.1) is 0 Å². The average molecular weight is 522 g/mol. The van der Waals surface area contributed by atoms with Crippen LogP contribution in [0.2, 0.25) is 0 Å². The predicted molar refractivity (Wildman–Crippen MR) is 145 cm³/mol. The molecule has 2 aliphatic rings. The van der Waals surface area contributed by atoms with Crippen molar-refractivity contribution in [3.63, 3.8) is 0 Å². The summed E-state index contributed by atoms with van der Waals surface area (Å²) < 4.78 is 28.9. The van der Waals surface area contributed by atoms with Gasteiger partial charge >= 0.3 is 0 Å². The number of hydrogen-bond acceptors (Lipinski definition) is 6. The van der Waals surface area contributed by atoms with Gasteiger partial charge in [-0.15, -0.1) is 0 Å². The van der Waals surface area contributed by atoms with Gasteiger partial charge in [0, 0.05) is 74.3 Å². The molecule has 2 aliphatic heterocycles. The summed E-state index contributed by atoms with van der Waals surface area (Å²) in [6, 6.07) is 6.42. The molecule has 194 valence electrons. The van der Waals surface area contributed by atoms with Crippen molar-refractivity contribution < 1.29 is 8.42 Å². The number of H-pyrrole nitrogens is 1. The Bertz CT molecular complexity index is 1680. The number of fused-ring (bicyclic) bond motifs is 2. The molecule has 0 aliphatic carbocycles. The molecule has 0 amide bonds. The van der Waals surface area contributed by atoms with E-state index in [0.717, 1.165) is 59.4 Å². The third kappa shape index (κ3) is 4.26. The van der Waals surface area contributed by atoms with Crippen LogP contribution in [0.1, 0.15) is 36.6 Å². The summed E-state index contributed by atoms with van der Waals surface area (Å²) in [6.45, 7) is 2.89. The fourth-order valence-corrected chi connectivity index (χ4v) is 6.46. The predicted octanol–water partition coefficient (Wildman–Crippen LogP) is 2.33. The van der Waals surface area contributed by atoms with E-state index in [0.29, 0.717) is 31.7 Å². The fraction of sp³-hybridized carbons (Fsp3) is 0.385. The highest BCUT2D eigenvalue weighted by atomic mass is 32.2. The molecule has 0 saturated carbocycles. The smallest absolute Gasteiger partial charge is 0.294 e. The number of nitrogens with zero attached hydrogens (tertiary/aromatic N) is 5. The van der Waals surface area contributed by atoms with E-state index in [4.69, 9.17) is 5.73 Å². The number of aromatic nitrogens is 4. The summed E-state index contributed by atoms with van der Waals surface area (Å²) >= 11 is 0. The molecule has 1 saturated heterocycles. The number of hydrogen-bond donors (Lipinski definition) is 2. The van der Waals surface area contributed by atoms with E-state index in [-0.39, 0.29) is 11.6 Å². The van der Waals surface area contributed by atoms with Crippen LogP contribution < -0.4 is 16.2 Å². The molecule has 1 fully saturated rings. The van der Waals surface area contributed by atoms with E-state index in [2.05, 4.69) is 33.1 Å². The van der Waals surface area contributed by atoms with Crippen molar-refractivity contribution in [1.29, 1.82) is 0 Å². The maximum Gasteiger partial charge on any atom is 0.294 e. The van der Waals surface area contributed by atoms with Gasteiger partial charge in [-0.3, -0.25) is 4.79 Å². The van der Waals surface area contributed by atoms with E-state index in [9.17, 15) is 13.2 Å². The number of rotatable bonds is 5. The average Bonchev–Trinajstić information content (AvgIpc) is 3.56. The summed E-state index contributed by atoms with van der Waals surface area (Å²) in [5.41, 5.74) is 11.7. The van der Waals surface area contributed by atoms with Gasteiger partial charge < -0.3 is 24.6 Å². The molecule has 11 heteroatoms. The molecular weight excluding hydrogens is 490 g/mol. The molecule has 0 radical (unpaired) electrons. The Hall–Kier alpha value is -3.41. The maximum absolute atomic E-state index is 13.1. The van der Waals surface area contributed by atoms with Crippen molar-refractivity contribution in [3.05, 3.63) is 70.7 Å². The molecule has 1 atom stereocenters. The number of piperidine rings is 1. The van der Waals surface area contributed by atoms with Crippen LogP contribution in [-0.4, -0.2) is 64.1 Å². The van der Waals surface area contributed by atoms with E-state index in [1.807, 2.05) is 23.0 Å². The van der Waals surface area contributed by atoms with Gasteiger partial charge in [0.1, 0.15) is 0 Å². The van der Waals surface area contributed by atoms with Crippen molar-refractivity contribution in [2.24, 2.45) is 5.73 Å². The molecular formula is C26H31N7O3S. The molecule has 5 heterocycles. The van der Waals surface area contributed by atoms with Crippen molar-refractivity contribution in [2.45, 2.75) is 31.8 Å². The SMILES string of the molecule is CS(=O)(=O)N1CC=C(c2cc3c(N4CCC[C@@H](n5ccn6ccnc6c5=O)C4)ccc(CN)c3[nH]2)CC1. The van der Waals surface area contributed by atoms with Crippen LogP contribution in [0.5, 0.6) is 0 Å². The zero-order chi connectivity index (χ0) is 25.7. The van der Waals surface area contributed by atoms with Gasteiger partial charge in [-0.05, 0) is 42.5 Å². The number of nitrogens with two attached hydrogens (primary N) is 1. The first-order valence-electron chi connectivity index (χ1n) is 12.6. The Morgan fingerprint density at radius 3 is 2.81 bits per heavy atom. The Labute approximate surface area is 215 Å². The lowest BCUT2D eigenvalue weighted by molar-refractivity contribution is 0.397. The highest BCUT2D eigenvalue weighted by Crippen LogP contribution is 2.36. The van der Waals surface area contributed by atoms with Gasteiger partial charge in [0.05, 0.1) is 17.8 Å². The molecule has 1 aromatic carbocycles. The molecule has 0 unspecified atom stereocenters. The second-order valence-electron chi connectivity index (χ2n) is 9.93. The Balaban J connectivity index is 1.34. The highest BCUT2D eigenvalue weighted by molar-refractivity contribution is 7.88. The molecule has 37 heavy (non-hydrogen) atoms. The van der Waals surface area contributed by atoms with E-state index >= 15 is 0 Å². The minimum atomic E-state index is -3.20. The first kappa shape index (κ1) is 24.0. The van der Waals surface area contributed by atoms with Crippen molar-refractivity contribution in [3.8, 4) is 0 Å². The Morgan fingerprint density at radius 2 is 2.05 bits per heavy atom. The molecule has 3 N–H and O–H groups in total. The molecule has 6 rings (SSSR count). The lowest BCUT2D eigenvalue weighted by atomic mass is 10.0. The molecule has 4 aromatic rings. The minimum absolute atomic E-state index is 0.0497. The normalized spacial score (nSPS) is 19.6. The van der Waals surface area contributed by atoms with Gasteiger partial charge in [0.15, 0.2) is 0 Å². The van der Waals surface area contributed by atoms with Gasteiger partial charge in [-0.2, -0.15) is 4.31 Å². The number of imidazole rings is 1. The van der Waals surface area contributed by atoms with Crippen LogP contribution in [0.4, 0.5) is 5.69 Å². The van der Waals surface area contributed by atoms with E-state index in [1.165, 1.54) is 10.6 Å². The molecule has 0 bridgehead atoms. The molecule has 3 aromatic heterocycles. The quantitative estimate of drug-likeness (QED) is 0.416. The summed E-state index contributed by atoms with van der Waals surface area (Å²) in [4.78, 5) is 23.3. The monoisotopic (exact) mass is 521 g/mol. The minimum Gasteiger partial charge on any atom is -0.369 e. The second-order valence-corrected chi connectivity index (χ2v) is 11.9. The standard InChI is InChI=1S/C26H31N7O3S/c1-37(35,36)32-10-6-18(7-11-32)22-15-21-23(5-4-19(16-27)24(21)29-22)31-9-2-3-20(17-31)33-14-13-30-12-8-28-25(30)26(33)34/h4-6,8,12-15,20,29H,2-3,7,9-11,16-17,27H2,1H3/t20-/m1/s1. The lowest BCUT2D eigenvalue weighted by Gasteiger charge is -2.35. The van der Waals surface area contributed by atoms with Crippen LogP contribution in [0.15, 0.2) is 53.9 Å². The zero-order valence-electron chi connectivity index (χ0n) is 20.8. The number of aromatic amines is 1. The van der Waals surface area contributed by atoms with Crippen LogP contribution in [-0.2, 0) is 16.6 Å². The maximum atomic E-state index is 13.1. The van der Waals surface area contributed by atoms with Gasteiger partial charge in [0.25, 0.3) is 5.56 Å². The van der Waals surface area contributed by atoms with Gasteiger partial charge in [-0.1, -0.05) is 12.1 Å². The van der Waals surface area contributed by atoms with Crippen molar-refractivity contribution in [2.75, 3.05) is 37.3 Å². The first-order valence-corrected chi connectivity index (χ1v) is 14.5. The zero-order valence-corrected chi connectivity index (χ0v) is 21.6. The summed E-state index contributed by atoms with van der Waals surface area (Å²) in [7, 11) is -3.20. The number of sulfonamides is 1. The summed E-state index contributed by atoms with van der Waals surface area (Å²) in [5.74, 6) is 0. The van der Waals surface area contributed by atoms with Crippen LogP contribution >= 0.6 is 0 Å². The Morgan fingerprint density at radius 1 is 1.19 bits per heavy atom. The largest absolute Gasteiger partial charge is 0.369 e. The van der Waals surface area contributed by atoms with Crippen LogP contribution in [0.25, 0.3) is 22.1 Å². The van der Waals surface area contributed by atoms with Crippen molar-refractivity contribution >= 4 is 37.8 Å². The van der Waals surface area contributed by atoms with E-state index < -0.39 is 10.0 Å². The third-order valence-corrected chi connectivity index (χ3v) is 8.95.